The van der Waals surface area contributed by atoms with Gasteiger partial charge in [-0.1, -0.05) is 23.7 Å². The van der Waals surface area contributed by atoms with Gasteiger partial charge in [0.15, 0.2) is 0 Å². The predicted octanol–water partition coefficient (Wildman–Crippen LogP) is 2.39. The molecule has 1 heterocycles. The van der Waals surface area contributed by atoms with Crippen LogP contribution in [0.15, 0.2) is 36.4 Å². The molecule has 0 aliphatic rings. The molecule has 0 radical (unpaired) electrons. The quantitative estimate of drug-likeness (QED) is 0.661. The maximum Gasteiger partial charge on any atom is 0.488 e. The molecule has 0 bridgehead atoms. The lowest BCUT2D eigenvalue weighted by Gasteiger charge is -1.98. The van der Waals surface area contributed by atoms with Gasteiger partial charge in [0.1, 0.15) is 0 Å². The van der Waals surface area contributed by atoms with Gasteiger partial charge in [0.05, 0.1) is 0 Å². The van der Waals surface area contributed by atoms with Crippen molar-refractivity contribution in [1.82, 2.24) is 0 Å². The van der Waals surface area contributed by atoms with Crippen LogP contribution in [0.1, 0.15) is 0 Å². The lowest BCUT2D eigenvalue weighted by atomic mass is 9.80. The molecule has 0 atom stereocenters. The molecule has 84 valence electrons. The molecule has 1 aromatic heterocycles. The smallest absolute Gasteiger partial charge is 0.423 e. The molecule has 2 aromatic carbocycles. The van der Waals surface area contributed by atoms with Crippen molar-refractivity contribution in [3.8, 4) is 0 Å². The zero-order chi connectivity index (χ0) is 12.0. The average molecular weight is 263 g/mol. The van der Waals surface area contributed by atoms with Crippen molar-refractivity contribution < 1.29 is 10.0 Å². The summed E-state index contributed by atoms with van der Waals surface area (Å²) in [6, 6.07) is 11.2. The Hall–Kier alpha value is -1.07. The summed E-state index contributed by atoms with van der Waals surface area (Å²) in [6.07, 6.45) is 0. The number of halogens is 1. The highest BCUT2D eigenvalue weighted by molar-refractivity contribution is 7.25. The molecule has 0 unspecified atom stereocenters. The lowest BCUT2D eigenvalue weighted by Crippen LogP contribution is -2.29. The van der Waals surface area contributed by atoms with Crippen LogP contribution in [0.5, 0.6) is 0 Å². The van der Waals surface area contributed by atoms with Gasteiger partial charge in [0.2, 0.25) is 0 Å². The third-order valence-corrected chi connectivity index (χ3v) is 4.12. The molecule has 3 rings (SSSR count). The Labute approximate surface area is 107 Å². The number of rotatable bonds is 1. The van der Waals surface area contributed by atoms with Gasteiger partial charge in [0, 0.05) is 25.2 Å². The second-order valence-corrected chi connectivity index (χ2v) is 5.39. The molecule has 0 fully saturated rings. The third-order valence-electron chi connectivity index (χ3n) is 2.76. The van der Waals surface area contributed by atoms with Crippen LogP contribution in [-0.4, -0.2) is 17.2 Å². The number of fused-ring (bicyclic) bond motifs is 3. The second kappa shape index (κ2) is 4.00. The van der Waals surface area contributed by atoms with Gasteiger partial charge in [-0.05, 0) is 29.7 Å². The summed E-state index contributed by atoms with van der Waals surface area (Å²) in [6.45, 7) is 0. The molecular formula is C12H8BClO2S. The zero-order valence-electron chi connectivity index (χ0n) is 8.72. The number of thiophene rings is 1. The van der Waals surface area contributed by atoms with Gasteiger partial charge in [-0.3, -0.25) is 0 Å². The van der Waals surface area contributed by atoms with E-state index < -0.39 is 7.12 Å². The zero-order valence-corrected chi connectivity index (χ0v) is 10.3. The first kappa shape index (κ1) is 11.0. The minimum absolute atomic E-state index is 0.509. The van der Waals surface area contributed by atoms with Crippen LogP contribution >= 0.6 is 22.9 Å². The first-order valence-electron chi connectivity index (χ1n) is 5.13. The standard InChI is InChI=1S/C12H8BClO2S/c14-8-2-4-11-10(6-8)9-3-1-7(13(15)16)5-12(9)17-11/h1-6,15-16H. The van der Waals surface area contributed by atoms with E-state index in [0.29, 0.717) is 10.5 Å². The molecule has 0 aliphatic heterocycles. The van der Waals surface area contributed by atoms with Crippen molar-refractivity contribution in [2.75, 3.05) is 0 Å². The molecule has 17 heavy (non-hydrogen) atoms. The second-order valence-electron chi connectivity index (χ2n) is 3.87. The SMILES string of the molecule is OB(O)c1ccc2c(c1)sc1ccc(Cl)cc12. The largest absolute Gasteiger partial charge is 0.488 e. The molecule has 5 heteroatoms. The Bertz CT molecular complexity index is 708. The summed E-state index contributed by atoms with van der Waals surface area (Å²) in [5.74, 6) is 0. The summed E-state index contributed by atoms with van der Waals surface area (Å²) in [4.78, 5) is 0. The topological polar surface area (TPSA) is 40.5 Å². The highest BCUT2D eigenvalue weighted by Crippen LogP contribution is 2.34. The monoisotopic (exact) mass is 262 g/mol. The summed E-state index contributed by atoms with van der Waals surface area (Å²) >= 11 is 7.60. The van der Waals surface area contributed by atoms with Crippen LogP contribution in [0.2, 0.25) is 5.02 Å². The maximum atomic E-state index is 9.14. The van der Waals surface area contributed by atoms with E-state index in [1.165, 1.54) is 0 Å². The predicted molar refractivity (Wildman–Crippen MR) is 74.2 cm³/mol. The molecule has 0 saturated carbocycles. The number of benzene rings is 2. The van der Waals surface area contributed by atoms with Crippen molar-refractivity contribution in [1.29, 1.82) is 0 Å². The fraction of sp³-hybridized carbons (Fsp3) is 0. The Balaban J connectivity index is 2.36. The van der Waals surface area contributed by atoms with Crippen LogP contribution in [0.4, 0.5) is 0 Å². The first-order valence-corrected chi connectivity index (χ1v) is 6.32. The van der Waals surface area contributed by atoms with E-state index in [0.717, 1.165) is 20.2 Å². The Kier molecular flexibility index (Phi) is 2.60. The minimum atomic E-state index is -1.42. The lowest BCUT2D eigenvalue weighted by molar-refractivity contribution is 0.426. The van der Waals surface area contributed by atoms with Crippen molar-refractivity contribution in [3.63, 3.8) is 0 Å². The van der Waals surface area contributed by atoms with E-state index in [4.69, 9.17) is 21.6 Å². The van der Waals surface area contributed by atoms with Crippen LogP contribution in [0.3, 0.4) is 0 Å². The van der Waals surface area contributed by atoms with Crippen LogP contribution in [0, 0.1) is 0 Å². The highest BCUT2D eigenvalue weighted by atomic mass is 35.5. The van der Waals surface area contributed by atoms with Crippen molar-refractivity contribution >= 4 is 55.7 Å². The average Bonchev–Trinajstić information content (AvgIpc) is 2.66. The summed E-state index contributed by atoms with van der Waals surface area (Å²) < 4.78 is 2.18. The van der Waals surface area contributed by atoms with Crippen molar-refractivity contribution in [2.24, 2.45) is 0 Å². The maximum absolute atomic E-state index is 9.14. The minimum Gasteiger partial charge on any atom is -0.423 e. The Morgan fingerprint density at radius 3 is 2.53 bits per heavy atom. The summed E-state index contributed by atoms with van der Waals surface area (Å²) in [7, 11) is -1.42. The van der Waals surface area contributed by atoms with E-state index in [9.17, 15) is 0 Å². The molecule has 3 aromatic rings. The van der Waals surface area contributed by atoms with Crippen molar-refractivity contribution in [2.45, 2.75) is 0 Å². The Morgan fingerprint density at radius 2 is 1.76 bits per heavy atom. The molecule has 0 amide bonds. The van der Waals surface area contributed by atoms with E-state index in [2.05, 4.69) is 0 Å². The van der Waals surface area contributed by atoms with E-state index in [-0.39, 0.29) is 0 Å². The molecule has 0 spiro atoms. The normalized spacial score (nSPS) is 11.2. The molecule has 0 aliphatic carbocycles. The van der Waals surface area contributed by atoms with Crippen molar-refractivity contribution in [3.05, 3.63) is 41.4 Å². The van der Waals surface area contributed by atoms with Gasteiger partial charge in [-0.25, -0.2) is 0 Å². The molecular weight excluding hydrogens is 254 g/mol. The summed E-state index contributed by atoms with van der Waals surface area (Å²) in [5.41, 5.74) is 0.509. The van der Waals surface area contributed by atoms with Crippen LogP contribution in [-0.2, 0) is 0 Å². The summed E-state index contributed by atoms with van der Waals surface area (Å²) in [5, 5.41) is 21.2. The number of hydrogen-bond donors (Lipinski definition) is 2. The number of hydrogen-bond acceptors (Lipinski definition) is 3. The highest BCUT2D eigenvalue weighted by Gasteiger charge is 2.13. The molecule has 2 N–H and O–H groups in total. The van der Waals surface area contributed by atoms with Crippen LogP contribution < -0.4 is 5.46 Å². The van der Waals surface area contributed by atoms with Gasteiger partial charge in [0.25, 0.3) is 0 Å². The van der Waals surface area contributed by atoms with E-state index in [1.54, 1.807) is 23.5 Å². The fourth-order valence-electron chi connectivity index (χ4n) is 1.93. The van der Waals surface area contributed by atoms with Gasteiger partial charge >= 0.3 is 7.12 Å². The third kappa shape index (κ3) is 1.83. The molecule has 2 nitrogen and oxygen atoms in total. The van der Waals surface area contributed by atoms with Gasteiger partial charge < -0.3 is 10.0 Å². The Morgan fingerprint density at radius 1 is 0.941 bits per heavy atom. The van der Waals surface area contributed by atoms with Gasteiger partial charge in [-0.2, -0.15) is 0 Å². The first-order chi connectivity index (χ1) is 8.15. The van der Waals surface area contributed by atoms with Crippen LogP contribution in [0.25, 0.3) is 20.2 Å². The fourth-order valence-corrected chi connectivity index (χ4v) is 3.23. The van der Waals surface area contributed by atoms with Gasteiger partial charge in [-0.15, -0.1) is 11.3 Å². The van der Waals surface area contributed by atoms with E-state index in [1.807, 2.05) is 24.3 Å². The van der Waals surface area contributed by atoms with E-state index >= 15 is 0 Å². The molecule has 0 saturated heterocycles.